The van der Waals surface area contributed by atoms with E-state index in [1.54, 1.807) is 17.0 Å². The molecule has 0 saturated carbocycles. The summed E-state index contributed by atoms with van der Waals surface area (Å²) in [5.41, 5.74) is 0. The van der Waals surface area contributed by atoms with Crippen LogP contribution in [0.25, 0.3) is 0 Å². The molecule has 2 saturated heterocycles. The van der Waals surface area contributed by atoms with E-state index in [-0.39, 0.29) is 43.6 Å². The van der Waals surface area contributed by atoms with Crippen LogP contribution in [0.5, 0.6) is 0 Å². The van der Waals surface area contributed by atoms with E-state index in [0.29, 0.717) is 13.2 Å². The number of hydrogen-bond donors (Lipinski definition) is 0. The Morgan fingerprint density at radius 2 is 2.04 bits per heavy atom. The summed E-state index contributed by atoms with van der Waals surface area (Å²) in [4.78, 5) is 27.6. The first-order valence-electron chi connectivity index (χ1n) is 8.07. The molecule has 9 heteroatoms. The molecule has 1 aromatic rings. The van der Waals surface area contributed by atoms with Gasteiger partial charge in [-0.25, -0.2) is 0 Å². The number of rotatable bonds is 5. The van der Waals surface area contributed by atoms with Gasteiger partial charge in [0.15, 0.2) is 11.5 Å². The monoisotopic (exact) mass is 360 g/mol. The summed E-state index contributed by atoms with van der Waals surface area (Å²) < 4.78 is 47.5. The fraction of sp³-hybridized carbons (Fsp3) is 0.625. The second kappa shape index (κ2) is 7.17. The molecular formula is C16H19F3N2O4. The van der Waals surface area contributed by atoms with Crippen molar-refractivity contribution in [3.8, 4) is 0 Å². The zero-order chi connectivity index (χ0) is 18.0. The lowest BCUT2D eigenvalue weighted by atomic mass is 9.96. The van der Waals surface area contributed by atoms with Crippen molar-refractivity contribution < 1.29 is 31.9 Å². The number of hydrogen-bond acceptors (Lipinski definition) is 5. The maximum absolute atomic E-state index is 12.6. The fourth-order valence-electron chi connectivity index (χ4n) is 3.21. The number of carbonyl (C=O) groups excluding carboxylic acids is 2. The van der Waals surface area contributed by atoms with Crippen molar-refractivity contribution >= 4 is 11.7 Å². The molecule has 6 nitrogen and oxygen atoms in total. The third-order valence-corrected chi connectivity index (χ3v) is 4.44. The lowest BCUT2D eigenvalue weighted by Crippen LogP contribution is -2.60. The Balaban J connectivity index is 1.56. The number of likely N-dealkylation sites (tertiary alicyclic amines) is 1. The summed E-state index contributed by atoms with van der Waals surface area (Å²) in [6, 6.07) is 2.74. The predicted octanol–water partition coefficient (Wildman–Crippen LogP) is 1.57. The van der Waals surface area contributed by atoms with E-state index in [2.05, 4.69) is 0 Å². The fourth-order valence-corrected chi connectivity index (χ4v) is 3.21. The quantitative estimate of drug-likeness (QED) is 0.746. The van der Waals surface area contributed by atoms with E-state index in [4.69, 9.17) is 9.15 Å². The molecule has 0 radical (unpaired) electrons. The van der Waals surface area contributed by atoms with Crippen LogP contribution in [-0.4, -0.2) is 73.1 Å². The predicted molar refractivity (Wildman–Crippen MR) is 80.0 cm³/mol. The highest BCUT2D eigenvalue weighted by Gasteiger charge is 2.42. The highest BCUT2D eigenvalue weighted by molar-refractivity contribution is 5.94. The minimum atomic E-state index is -4.26. The Kier molecular flexibility index (Phi) is 5.14. The normalized spacial score (nSPS) is 22.7. The summed E-state index contributed by atoms with van der Waals surface area (Å²) in [6.07, 6.45) is -2.79. The van der Waals surface area contributed by atoms with Crippen molar-refractivity contribution in [1.82, 2.24) is 9.80 Å². The van der Waals surface area contributed by atoms with Crippen LogP contribution < -0.4 is 0 Å². The van der Waals surface area contributed by atoms with Crippen LogP contribution in [0, 0.1) is 5.92 Å². The maximum Gasteiger partial charge on any atom is 0.401 e. The van der Waals surface area contributed by atoms with Crippen LogP contribution in [0.2, 0.25) is 0 Å². The summed E-state index contributed by atoms with van der Waals surface area (Å²) in [7, 11) is 0. The van der Waals surface area contributed by atoms with E-state index < -0.39 is 24.7 Å². The van der Waals surface area contributed by atoms with Gasteiger partial charge in [-0.3, -0.25) is 14.5 Å². The summed E-state index contributed by atoms with van der Waals surface area (Å²) in [6.45, 7) is 0.113. The lowest BCUT2D eigenvalue weighted by molar-refractivity contribution is -0.169. The molecule has 2 aliphatic rings. The number of alkyl halides is 3. The molecule has 1 unspecified atom stereocenters. The van der Waals surface area contributed by atoms with E-state index in [0.717, 1.165) is 0 Å². The smallest absolute Gasteiger partial charge is 0.401 e. The molecular weight excluding hydrogens is 341 g/mol. The number of furan rings is 1. The largest absolute Gasteiger partial charge is 0.461 e. The van der Waals surface area contributed by atoms with Crippen LogP contribution in [-0.2, 0) is 9.53 Å². The van der Waals surface area contributed by atoms with E-state index in [1.807, 2.05) is 0 Å². The van der Waals surface area contributed by atoms with Crippen LogP contribution in [0.1, 0.15) is 17.0 Å². The van der Waals surface area contributed by atoms with Gasteiger partial charge in [-0.2, -0.15) is 13.2 Å². The molecule has 0 aliphatic carbocycles. The van der Waals surface area contributed by atoms with Gasteiger partial charge in [0, 0.05) is 26.1 Å². The molecule has 3 heterocycles. The lowest BCUT2D eigenvalue weighted by Gasteiger charge is -2.43. The highest BCUT2D eigenvalue weighted by Crippen LogP contribution is 2.26. The number of halogens is 3. The first-order chi connectivity index (χ1) is 11.8. The number of amides is 1. The van der Waals surface area contributed by atoms with Gasteiger partial charge in [0.1, 0.15) is 0 Å². The molecule has 0 aromatic carbocycles. The highest BCUT2D eigenvalue weighted by atomic mass is 19.4. The minimum absolute atomic E-state index is 0.0677. The maximum atomic E-state index is 12.6. The number of morpholine rings is 1. The topological polar surface area (TPSA) is 63.0 Å². The Morgan fingerprint density at radius 3 is 2.68 bits per heavy atom. The SMILES string of the molecule is O=C(CC1COCCN1C(=O)C1CN(CC(F)(F)F)C1)c1ccco1. The summed E-state index contributed by atoms with van der Waals surface area (Å²) in [5.74, 6) is -0.677. The van der Waals surface area contributed by atoms with Crippen molar-refractivity contribution in [2.24, 2.45) is 5.92 Å². The first kappa shape index (κ1) is 17.9. The first-order valence-corrected chi connectivity index (χ1v) is 8.07. The molecule has 1 atom stereocenters. The second-order valence-corrected chi connectivity index (χ2v) is 6.37. The van der Waals surface area contributed by atoms with Crippen molar-refractivity contribution in [2.45, 2.75) is 18.6 Å². The molecule has 0 spiro atoms. The van der Waals surface area contributed by atoms with E-state index in [1.165, 1.54) is 11.2 Å². The van der Waals surface area contributed by atoms with Gasteiger partial charge in [-0.1, -0.05) is 0 Å². The van der Waals surface area contributed by atoms with Crippen molar-refractivity contribution in [1.29, 1.82) is 0 Å². The van der Waals surface area contributed by atoms with Crippen molar-refractivity contribution in [3.05, 3.63) is 24.2 Å². The molecule has 138 valence electrons. The third-order valence-electron chi connectivity index (χ3n) is 4.44. The number of ketones is 1. The third kappa shape index (κ3) is 4.40. The Hall–Kier alpha value is -1.87. The van der Waals surface area contributed by atoms with Gasteiger partial charge in [-0.05, 0) is 12.1 Å². The Bertz CT molecular complexity index is 611. The van der Waals surface area contributed by atoms with Crippen LogP contribution >= 0.6 is 0 Å². The van der Waals surface area contributed by atoms with Gasteiger partial charge in [0.05, 0.1) is 38.0 Å². The number of Topliss-reactive ketones (excluding diaryl/α,β-unsaturated/α-hetero) is 1. The zero-order valence-electron chi connectivity index (χ0n) is 13.5. The van der Waals surface area contributed by atoms with Crippen LogP contribution in [0.4, 0.5) is 13.2 Å². The molecule has 2 fully saturated rings. The Morgan fingerprint density at radius 1 is 1.28 bits per heavy atom. The van der Waals surface area contributed by atoms with Crippen molar-refractivity contribution in [2.75, 3.05) is 39.4 Å². The van der Waals surface area contributed by atoms with Gasteiger partial charge < -0.3 is 14.1 Å². The zero-order valence-corrected chi connectivity index (χ0v) is 13.5. The number of ether oxygens (including phenoxy) is 1. The standard InChI is InChI=1S/C16H19F3N2O4/c17-16(18,19)10-20-7-11(8-20)15(23)21-3-5-24-9-12(21)6-13(22)14-2-1-4-25-14/h1-2,4,11-12H,3,5-10H2. The summed E-state index contributed by atoms with van der Waals surface area (Å²) >= 11 is 0. The molecule has 3 rings (SSSR count). The molecule has 1 aromatic heterocycles. The molecule has 0 bridgehead atoms. The van der Waals surface area contributed by atoms with Gasteiger partial charge >= 0.3 is 6.18 Å². The van der Waals surface area contributed by atoms with Gasteiger partial charge in [0.25, 0.3) is 0 Å². The summed E-state index contributed by atoms with van der Waals surface area (Å²) in [5, 5.41) is 0. The molecule has 2 aliphatic heterocycles. The van der Waals surface area contributed by atoms with Crippen LogP contribution in [0.15, 0.2) is 22.8 Å². The van der Waals surface area contributed by atoms with E-state index in [9.17, 15) is 22.8 Å². The Labute approximate surface area is 142 Å². The van der Waals surface area contributed by atoms with Gasteiger partial charge in [-0.15, -0.1) is 0 Å². The minimum Gasteiger partial charge on any atom is -0.461 e. The second-order valence-electron chi connectivity index (χ2n) is 6.37. The van der Waals surface area contributed by atoms with Crippen molar-refractivity contribution in [3.63, 3.8) is 0 Å². The molecule has 25 heavy (non-hydrogen) atoms. The number of carbonyl (C=O) groups is 2. The molecule has 1 amide bonds. The average molecular weight is 360 g/mol. The van der Waals surface area contributed by atoms with Gasteiger partial charge in [0.2, 0.25) is 5.91 Å². The number of nitrogens with zero attached hydrogens (tertiary/aromatic N) is 2. The van der Waals surface area contributed by atoms with Crippen LogP contribution in [0.3, 0.4) is 0 Å². The van der Waals surface area contributed by atoms with E-state index >= 15 is 0 Å². The molecule has 0 N–H and O–H groups in total. The average Bonchev–Trinajstić information content (AvgIpc) is 3.04.